The molecule has 0 spiro atoms. The van der Waals surface area contributed by atoms with Crippen LogP contribution in [0.15, 0.2) is 90.3 Å². The molecular formula is C27H17F2I2N3O4S. The third kappa shape index (κ3) is 5.86. The second-order valence-electron chi connectivity index (χ2n) is 7.87. The molecule has 3 heterocycles. The Bertz CT molecular complexity index is 1770. The van der Waals surface area contributed by atoms with E-state index in [-0.39, 0.29) is 27.5 Å². The Labute approximate surface area is 249 Å². The molecule has 2 aromatic carbocycles. The molecule has 0 aliphatic heterocycles. The summed E-state index contributed by atoms with van der Waals surface area (Å²) in [7, 11) is -4.02. The van der Waals surface area contributed by atoms with Crippen LogP contribution in [0.3, 0.4) is 0 Å². The molecule has 0 fully saturated rings. The maximum Gasteiger partial charge on any atom is 0.269 e. The standard InChI is InChI=1S/C16H10FIN2O3S.C11H7FINO/c17-14-6-2-1-5-13(14)16-15(18)11(10-21)9-20(16)24(22,23)12-4-3-7-19-8-12;12-9-4-2-1-3-8(9)11-10(13)7(6-15)5-14-11/h1-10H;1-6,14H. The van der Waals surface area contributed by atoms with Crippen molar-refractivity contribution in [3.05, 3.63) is 115 Å². The van der Waals surface area contributed by atoms with Crippen molar-refractivity contribution in [2.24, 2.45) is 0 Å². The zero-order chi connectivity index (χ0) is 28.2. The Morgan fingerprint density at radius 3 is 1.97 bits per heavy atom. The molecule has 0 bridgehead atoms. The number of hydrogen-bond acceptors (Lipinski definition) is 5. The lowest BCUT2D eigenvalue weighted by Crippen LogP contribution is -2.14. The van der Waals surface area contributed by atoms with E-state index in [0.29, 0.717) is 26.7 Å². The second kappa shape index (κ2) is 12.3. The van der Waals surface area contributed by atoms with E-state index in [0.717, 1.165) is 13.8 Å². The zero-order valence-electron chi connectivity index (χ0n) is 19.7. The van der Waals surface area contributed by atoms with E-state index in [4.69, 9.17) is 0 Å². The maximum absolute atomic E-state index is 14.2. The van der Waals surface area contributed by atoms with Gasteiger partial charge in [-0.15, -0.1) is 0 Å². The fourth-order valence-corrected chi connectivity index (χ4v) is 6.69. The number of aldehydes is 2. The molecule has 39 heavy (non-hydrogen) atoms. The molecule has 7 nitrogen and oxygen atoms in total. The van der Waals surface area contributed by atoms with Gasteiger partial charge in [-0.05, 0) is 81.6 Å². The Kier molecular flexibility index (Phi) is 9.07. The molecule has 0 atom stereocenters. The van der Waals surface area contributed by atoms with Crippen molar-refractivity contribution >= 4 is 67.8 Å². The molecule has 0 aliphatic carbocycles. The zero-order valence-corrected chi connectivity index (χ0v) is 24.8. The van der Waals surface area contributed by atoms with Gasteiger partial charge < -0.3 is 4.98 Å². The highest BCUT2D eigenvalue weighted by Gasteiger charge is 2.26. The molecule has 0 unspecified atom stereocenters. The predicted octanol–water partition coefficient (Wildman–Crippen LogP) is 6.58. The number of carbonyl (C=O) groups is 2. The molecule has 12 heteroatoms. The van der Waals surface area contributed by atoms with E-state index in [2.05, 4.69) is 9.97 Å². The highest BCUT2D eigenvalue weighted by molar-refractivity contribution is 14.1. The number of nitrogens with zero attached hydrogens (tertiary/aromatic N) is 2. The summed E-state index contributed by atoms with van der Waals surface area (Å²) in [5.74, 6) is -0.872. The molecule has 198 valence electrons. The summed E-state index contributed by atoms with van der Waals surface area (Å²) >= 11 is 3.87. The van der Waals surface area contributed by atoms with Gasteiger partial charge in [-0.1, -0.05) is 24.3 Å². The first-order valence-electron chi connectivity index (χ1n) is 11.0. The van der Waals surface area contributed by atoms with Gasteiger partial charge >= 0.3 is 0 Å². The minimum Gasteiger partial charge on any atom is -0.359 e. The average molecular weight is 771 g/mol. The molecule has 0 saturated carbocycles. The van der Waals surface area contributed by atoms with Crippen LogP contribution in [0.25, 0.3) is 22.5 Å². The van der Waals surface area contributed by atoms with Crippen LogP contribution >= 0.6 is 45.2 Å². The topological polar surface area (TPSA) is 102 Å². The molecule has 0 amide bonds. The van der Waals surface area contributed by atoms with E-state index in [1.807, 2.05) is 45.2 Å². The molecule has 0 saturated heterocycles. The quantitative estimate of drug-likeness (QED) is 0.155. The van der Waals surface area contributed by atoms with E-state index >= 15 is 0 Å². The van der Waals surface area contributed by atoms with E-state index < -0.39 is 15.8 Å². The summed E-state index contributed by atoms with van der Waals surface area (Å²) in [6.45, 7) is 0. The van der Waals surface area contributed by atoms with Crippen molar-refractivity contribution in [3.8, 4) is 22.5 Å². The first-order valence-corrected chi connectivity index (χ1v) is 14.6. The van der Waals surface area contributed by atoms with Crippen LogP contribution < -0.4 is 0 Å². The minimum atomic E-state index is -4.02. The summed E-state index contributed by atoms with van der Waals surface area (Å²) in [5.41, 5.74) is 2.06. The van der Waals surface area contributed by atoms with Crippen molar-refractivity contribution in [1.29, 1.82) is 0 Å². The Hall–Kier alpha value is -3.24. The molecule has 5 aromatic rings. The molecule has 5 rings (SSSR count). The van der Waals surface area contributed by atoms with Gasteiger partial charge in [0.25, 0.3) is 10.0 Å². The lowest BCUT2D eigenvalue weighted by Gasteiger charge is -2.11. The Morgan fingerprint density at radius 1 is 0.821 bits per heavy atom. The van der Waals surface area contributed by atoms with Gasteiger partial charge in [0.05, 0.1) is 15.0 Å². The molecule has 3 aromatic heterocycles. The lowest BCUT2D eigenvalue weighted by atomic mass is 10.1. The van der Waals surface area contributed by atoms with Crippen molar-refractivity contribution in [1.82, 2.24) is 13.9 Å². The number of carbonyl (C=O) groups excluding carboxylic acids is 2. The Balaban J connectivity index is 0.000000202. The normalized spacial score (nSPS) is 11.0. The van der Waals surface area contributed by atoms with Crippen LogP contribution in [-0.2, 0) is 10.0 Å². The summed E-state index contributed by atoms with van der Waals surface area (Å²) in [6.07, 6.45) is 6.72. The largest absolute Gasteiger partial charge is 0.359 e. The number of rotatable bonds is 6. The first-order chi connectivity index (χ1) is 18.7. The molecular weight excluding hydrogens is 754 g/mol. The van der Waals surface area contributed by atoms with Gasteiger partial charge in [-0.2, -0.15) is 0 Å². The molecule has 0 aliphatic rings. The number of halogens is 4. The second-order valence-corrected chi connectivity index (χ2v) is 11.8. The number of nitrogens with one attached hydrogen (secondary N) is 1. The van der Waals surface area contributed by atoms with Gasteiger partial charge in [-0.25, -0.2) is 21.2 Å². The first kappa shape index (κ1) is 28.8. The molecule has 0 radical (unpaired) electrons. The Morgan fingerprint density at radius 2 is 1.44 bits per heavy atom. The number of pyridine rings is 1. The van der Waals surface area contributed by atoms with Gasteiger partial charge in [0, 0.05) is 50.6 Å². The predicted molar refractivity (Wildman–Crippen MR) is 159 cm³/mol. The van der Waals surface area contributed by atoms with Gasteiger partial charge in [0.15, 0.2) is 12.6 Å². The van der Waals surface area contributed by atoms with E-state index in [1.54, 1.807) is 30.5 Å². The van der Waals surface area contributed by atoms with Gasteiger partial charge in [0.2, 0.25) is 0 Å². The van der Waals surface area contributed by atoms with Crippen LogP contribution in [0, 0.1) is 18.8 Å². The summed E-state index contributed by atoms with van der Waals surface area (Å²) in [4.78, 5) is 28.6. The average Bonchev–Trinajstić information content (AvgIpc) is 3.49. The van der Waals surface area contributed by atoms with Crippen LogP contribution in [0.1, 0.15) is 20.7 Å². The summed E-state index contributed by atoms with van der Waals surface area (Å²) in [6, 6.07) is 15.2. The maximum atomic E-state index is 14.2. The SMILES string of the molecule is O=Cc1c[nH]c(-c2ccccc2F)c1I.O=Cc1cn(S(=O)(=O)c2cccnc2)c(-c2ccccc2F)c1I. The number of hydrogen-bond donors (Lipinski definition) is 1. The smallest absolute Gasteiger partial charge is 0.269 e. The van der Waals surface area contributed by atoms with Gasteiger partial charge in [-0.3, -0.25) is 14.6 Å². The van der Waals surface area contributed by atoms with Crippen molar-refractivity contribution in [2.45, 2.75) is 4.90 Å². The third-order valence-electron chi connectivity index (χ3n) is 5.50. The summed E-state index contributed by atoms with van der Waals surface area (Å²) in [5, 5.41) is 0. The summed E-state index contributed by atoms with van der Waals surface area (Å²) < 4.78 is 55.5. The van der Waals surface area contributed by atoms with Crippen molar-refractivity contribution in [3.63, 3.8) is 0 Å². The van der Waals surface area contributed by atoms with Gasteiger partial charge in [0.1, 0.15) is 16.5 Å². The van der Waals surface area contributed by atoms with Crippen LogP contribution in [0.4, 0.5) is 8.78 Å². The van der Waals surface area contributed by atoms with Crippen LogP contribution in [0.5, 0.6) is 0 Å². The fraction of sp³-hybridized carbons (Fsp3) is 0. The highest BCUT2D eigenvalue weighted by Crippen LogP contribution is 2.33. The number of aromatic nitrogens is 3. The third-order valence-corrected chi connectivity index (χ3v) is 9.44. The fourth-order valence-electron chi connectivity index (χ4n) is 3.62. The van der Waals surface area contributed by atoms with Crippen LogP contribution in [0.2, 0.25) is 0 Å². The van der Waals surface area contributed by atoms with E-state index in [9.17, 15) is 26.8 Å². The number of H-pyrrole nitrogens is 1. The number of aromatic amines is 1. The number of benzene rings is 2. The van der Waals surface area contributed by atoms with E-state index in [1.165, 1.54) is 55.0 Å². The van der Waals surface area contributed by atoms with Crippen LogP contribution in [-0.4, -0.2) is 34.9 Å². The van der Waals surface area contributed by atoms with Crippen molar-refractivity contribution < 1.29 is 26.8 Å². The lowest BCUT2D eigenvalue weighted by molar-refractivity contribution is 0.111. The van der Waals surface area contributed by atoms with Crippen molar-refractivity contribution in [2.75, 3.05) is 0 Å². The highest BCUT2D eigenvalue weighted by atomic mass is 127. The molecule has 1 N–H and O–H groups in total. The monoisotopic (exact) mass is 771 g/mol. The minimum absolute atomic E-state index is 0.0496.